The molecule has 6 heteroatoms. The number of carboxylic acid groups (broad SMARTS) is 2. The zero-order valence-corrected chi connectivity index (χ0v) is 11.2. The van der Waals surface area contributed by atoms with E-state index in [1.165, 1.54) is 37.3 Å². The van der Waals surface area contributed by atoms with Crippen molar-refractivity contribution in [1.29, 1.82) is 0 Å². The highest BCUT2D eigenvalue weighted by atomic mass is 19.1. The molecule has 1 aliphatic rings. The number of carbonyl (C=O) groups is 2. The predicted octanol–water partition coefficient (Wildman–Crippen LogP) is 1.95. The number of carboxylic acids is 2. The Morgan fingerprint density at radius 1 is 1.33 bits per heavy atom. The van der Waals surface area contributed by atoms with Crippen molar-refractivity contribution in [2.45, 2.75) is 12.3 Å². The van der Waals surface area contributed by atoms with Crippen molar-refractivity contribution < 1.29 is 24.2 Å². The van der Waals surface area contributed by atoms with Crippen LogP contribution in [0, 0.1) is 11.7 Å². The molecule has 1 aromatic carbocycles. The van der Waals surface area contributed by atoms with Gasteiger partial charge in [0, 0.05) is 11.5 Å². The first kappa shape index (κ1) is 14.8. The van der Waals surface area contributed by atoms with Crippen LogP contribution in [-0.2, 0) is 15.0 Å². The lowest BCUT2D eigenvalue weighted by molar-refractivity contribution is -0.143. The van der Waals surface area contributed by atoms with E-state index in [2.05, 4.69) is 0 Å². The molecule has 2 rings (SSSR count). The molecule has 0 aliphatic heterocycles. The first-order chi connectivity index (χ1) is 9.80. The van der Waals surface area contributed by atoms with E-state index in [-0.39, 0.29) is 16.8 Å². The second kappa shape index (κ2) is 5.05. The number of nitrogens with two attached hydrogens (primary N) is 1. The predicted molar refractivity (Wildman–Crippen MR) is 74.1 cm³/mol. The van der Waals surface area contributed by atoms with Crippen LogP contribution in [0.5, 0.6) is 0 Å². The Kier molecular flexibility index (Phi) is 3.55. The average molecular weight is 291 g/mol. The van der Waals surface area contributed by atoms with Crippen molar-refractivity contribution in [2.75, 3.05) is 5.73 Å². The smallest absolute Gasteiger partial charge is 0.331 e. The second-order valence-corrected chi connectivity index (χ2v) is 4.92. The van der Waals surface area contributed by atoms with Crippen molar-refractivity contribution in [1.82, 2.24) is 0 Å². The van der Waals surface area contributed by atoms with Crippen molar-refractivity contribution in [3.63, 3.8) is 0 Å². The molecule has 0 saturated heterocycles. The van der Waals surface area contributed by atoms with Gasteiger partial charge in [0.1, 0.15) is 11.2 Å². The Hall–Kier alpha value is -2.63. The monoisotopic (exact) mass is 291 g/mol. The van der Waals surface area contributed by atoms with Crippen molar-refractivity contribution in [3.8, 4) is 0 Å². The standard InChI is InChI=1S/C15H14FNO4/c1-8-10(13(18)19)3-2-6-15(8,14(20)21)9-4-5-11(16)12(17)7-9/h2-8H,17H2,1H3,(H,18,19)(H,20,21). The fourth-order valence-electron chi connectivity index (χ4n) is 2.62. The third kappa shape index (κ3) is 2.18. The van der Waals surface area contributed by atoms with Crippen molar-refractivity contribution in [3.05, 3.63) is 53.4 Å². The third-order valence-electron chi connectivity index (χ3n) is 3.86. The van der Waals surface area contributed by atoms with Gasteiger partial charge >= 0.3 is 11.9 Å². The summed E-state index contributed by atoms with van der Waals surface area (Å²) in [5.74, 6) is -3.89. The summed E-state index contributed by atoms with van der Waals surface area (Å²) in [5, 5.41) is 18.9. The van der Waals surface area contributed by atoms with Crippen LogP contribution in [0.3, 0.4) is 0 Å². The Labute approximate surface area is 120 Å². The summed E-state index contributed by atoms with van der Waals surface area (Å²) in [7, 11) is 0. The molecule has 0 aromatic heterocycles. The van der Waals surface area contributed by atoms with Gasteiger partial charge in [-0.1, -0.05) is 31.2 Å². The molecule has 5 nitrogen and oxygen atoms in total. The van der Waals surface area contributed by atoms with Crippen LogP contribution in [0.15, 0.2) is 42.0 Å². The van der Waals surface area contributed by atoms with Gasteiger partial charge in [-0.15, -0.1) is 0 Å². The van der Waals surface area contributed by atoms with Gasteiger partial charge in [-0.2, -0.15) is 0 Å². The van der Waals surface area contributed by atoms with Gasteiger partial charge in [0.2, 0.25) is 0 Å². The topological polar surface area (TPSA) is 101 Å². The van der Waals surface area contributed by atoms with Crippen molar-refractivity contribution >= 4 is 17.6 Å². The van der Waals surface area contributed by atoms with E-state index in [1.54, 1.807) is 0 Å². The average Bonchev–Trinajstić information content (AvgIpc) is 2.41. The van der Waals surface area contributed by atoms with Crippen LogP contribution in [0.25, 0.3) is 0 Å². The number of aliphatic carboxylic acids is 2. The fraction of sp³-hybridized carbons (Fsp3) is 0.200. The van der Waals surface area contributed by atoms with Gasteiger partial charge in [-0.3, -0.25) is 4.79 Å². The molecule has 0 heterocycles. The van der Waals surface area contributed by atoms with Crippen LogP contribution in [0.2, 0.25) is 0 Å². The lowest BCUT2D eigenvalue weighted by atomic mass is 9.66. The molecule has 0 amide bonds. The maximum Gasteiger partial charge on any atom is 0.331 e. The van der Waals surface area contributed by atoms with Gasteiger partial charge in [0.25, 0.3) is 0 Å². The van der Waals surface area contributed by atoms with Crippen LogP contribution < -0.4 is 5.73 Å². The lowest BCUT2D eigenvalue weighted by Crippen LogP contribution is -2.43. The quantitative estimate of drug-likeness (QED) is 0.739. The highest BCUT2D eigenvalue weighted by molar-refractivity contribution is 5.94. The number of hydrogen-bond acceptors (Lipinski definition) is 3. The number of hydrogen-bond donors (Lipinski definition) is 3. The summed E-state index contributed by atoms with van der Waals surface area (Å²) in [5.41, 5.74) is 3.94. The van der Waals surface area contributed by atoms with E-state index < -0.39 is 29.1 Å². The van der Waals surface area contributed by atoms with Crippen LogP contribution in [0.1, 0.15) is 12.5 Å². The highest BCUT2D eigenvalue weighted by Gasteiger charge is 2.47. The lowest BCUT2D eigenvalue weighted by Gasteiger charge is -2.35. The summed E-state index contributed by atoms with van der Waals surface area (Å²) < 4.78 is 13.3. The molecule has 0 radical (unpaired) electrons. The first-order valence-corrected chi connectivity index (χ1v) is 6.22. The Bertz CT molecular complexity index is 680. The Morgan fingerprint density at radius 3 is 2.52 bits per heavy atom. The maximum absolute atomic E-state index is 13.3. The van der Waals surface area contributed by atoms with E-state index >= 15 is 0 Å². The number of allylic oxidation sites excluding steroid dienone is 2. The molecular formula is C15H14FNO4. The van der Waals surface area contributed by atoms with Gasteiger partial charge < -0.3 is 15.9 Å². The molecule has 1 aliphatic carbocycles. The van der Waals surface area contributed by atoms with Gasteiger partial charge in [-0.25, -0.2) is 9.18 Å². The SMILES string of the molecule is CC1C(C(=O)O)=CC=CC1(C(=O)O)c1ccc(F)c(N)c1. The third-order valence-corrected chi connectivity index (χ3v) is 3.86. The van der Waals surface area contributed by atoms with E-state index in [9.17, 15) is 24.2 Å². The minimum Gasteiger partial charge on any atom is -0.480 e. The zero-order chi connectivity index (χ0) is 15.8. The van der Waals surface area contributed by atoms with Gasteiger partial charge in [0.15, 0.2) is 0 Å². The van der Waals surface area contributed by atoms with E-state index in [0.717, 1.165) is 6.07 Å². The molecule has 1 aromatic rings. The first-order valence-electron chi connectivity index (χ1n) is 6.22. The highest BCUT2D eigenvalue weighted by Crippen LogP contribution is 2.41. The second-order valence-electron chi connectivity index (χ2n) is 4.92. The zero-order valence-electron chi connectivity index (χ0n) is 11.2. The number of rotatable bonds is 3. The largest absolute Gasteiger partial charge is 0.480 e. The molecule has 2 atom stereocenters. The van der Waals surface area contributed by atoms with E-state index in [1.807, 2.05) is 0 Å². The van der Waals surface area contributed by atoms with Crippen LogP contribution >= 0.6 is 0 Å². The summed E-state index contributed by atoms with van der Waals surface area (Å²) in [6.45, 7) is 1.51. The van der Waals surface area contributed by atoms with Crippen LogP contribution in [-0.4, -0.2) is 22.2 Å². The molecule has 21 heavy (non-hydrogen) atoms. The Balaban J connectivity index is 2.65. The van der Waals surface area contributed by atoms with Gasteiger partial charge in [-0.05, 0) is 17.7 Å². The number of benzene rings is 1. The van der Waals surface area contributed by atoms with E-state index in [0.29, 0.717) is 0 Å². The van der Waals surface area contributed by atoms with Crippen molar-refractivity contribution in [2.24, 2.45) is 5.92 Å². The maximum atomic E-state index is 13.3. The summed E-state index contributed by atoms with van der Waals surface area (Å²) in [6, 6.07) is 3.62. The molecule has 110 valence electrons. The molecular weight excluding hydrogens is 277 g/mol. The summed E-state index contributed by atoms with van der Waals surface area (Å²) in [4.78, 5) is 23.1. The molecule has 2 unspecified atom stereocenters. The minimum atomic E-state index is -1.59. The minimum absolute atomic E-state index is 0.0252. The number of halogens is 1. The molecule has 4 N–H and O–H groups in total. The van der Waals surface area contributed by atoms with Gasteiger partial charge in [0.05, 0.1) is 5.69 Å². The van der Waals surface area contributed by atoms with E-state index in [4.69, 9.17) is 5.73 Å². The molecule has 0 bridgehead atoms. The number of nitrogen functional groups attached to an aromatic ring is 1. The Morgan fingerprint density at radius 2 is 2.00 bits per heavy atom. The number of anilines is 1. The fourth-order valence-corrected chi connectivity index (χ4v) is 2.62. The molecule has 0 spiro atoms. The molecule has 0 fully saturated rings. The normalized spacial score (nSPS) is 24.5. The van der Waals surface area contributed by atoms with Crippen LogP contribution in [0.4, 0.5) is 10.1 Å². The molecule has 0 saturated carbocycles. The summed E-state index contributed by atoms with van der Waals surface area (Å²) in [6.07, 6.45) is 4.15. The summed E-state index contributed by atoms with van der Waals surface area (Å²) >= 11 is 0.